The summed E-state index contributed by atoms with van der Waals surface area (Å²) in [5.41, 5.74) is 0. The predicted molar refractivity (Wildman–Crippen MR) is 91.8 cm³/mol. The summed E-state index contributed by atoms with van der Waals surface area (Å²) in [6.45, 7) is 1.26. The second kappa shape index (κ2) is 10.1. The number of nitrogens with one attached hydrogen (secondary N) is 2. The zero-order chi connectivity index (χ0) is 21.9. The lowest BCUT2D eigenvalue weighted by molar-refractivity contribution is -0.297. The number of aliphatic hydroxyl groups is 6. The van der Waals surface area contributed by atoms with Gasteiger partial charge in [-0.3, -0.25) is 9.59 Å². The molecule has 0 bridgehead atoms. The normalized spacial score (nSPS) is 42.9. The first kappa shape index (κ1) is 23.9. The number of amides is 2. The Morgan fingerprint density at radius 1 is 0.828 bits per heavy atom. The SMILES string of the molecule is CC(=O)N[C@@H]1[C@@H](O)[C@@H](O)[C@@H](CO[C@H]2O[C@H](CO)[C@@H](O)[C@H](O)[C@H]2NC(C)=O)O[C@@H]1O. The lowest BCUT2D eigenvalue weighted by Gasteiger charge is -2.44. The molecule has 10 atom stereocenters. The van der Waals surface area contributed by atoms with E-state index in [-0.39, 0.29) is 0 Å². The first-order valence-corrected chi connectivity index (χ1v) is 9.04. The summed E-state index contributed by atoms with van der Waals surface area (Å²) in [7, 11) is 0. The number of carbonyl (C=O) groups is 2. The van der Waals surface area contributed by atoms with Crippen molar-refractivity contribution in [2.75, 3.05) is 13.2 Å². The molecule has 0 aromatic rings. The van der Waals surface area contributed by atoms with Crippen LogP contribution in [-0.4, -0.2) is 117 Å². The van der Waals surface area contributed by atoms with Crippen molar-refractivity contribution < 1.29 is 54.4 Å². The Bertz CT molecular complexity index is 579. The van der Waals surface area contributed by atoms with Crippen LogP contribution in [0.5, 0.6) is 0 Å². The predicted octanol–water partition coefficient (Wildman–Crippen LogP) is -5.11. The number of hydrogen-bond donors (Lipinski definition) is 8. The monoisotopic (exact) mass is 424 g/mol. The van der Waals surface area contributed by atoms with Gasteiger partial charge in [-0.05, 0) is 0 Å². The number of rotatable bonds is 6. The van der Waals surface area contributed by atoms with Gasteiger partial charge in [-0.25, -0.2) is 0 Å². The van der Waals surface area contributed by atoms with Crippen LogP contribution in [-0.2, 0) is 23.8 Å². The lowest BCUT2D eigenvalue weighted by atomic mass is 9.96. The van der Waals surface area contributed by atoms with Crippen molar-refractivity contribution in [3.8, 4) is 0 Å². The van der Waals surface area contributed by atoms with Gasteiger partial charge in [0.15, 0.2) is 12.6 Å². The molecule has 0 aromatic carbocycles. The van der Waals surface area contributed by atoms with Crippen molar-refractivity contribution in [3.05, 3.63) is 0 Å². The minimum absolute atomic E-state index is 0.455. The Kier molecular flexibility index (Phi) is 8.28. The van der Waals surface area contributed by atoms with E-state index in [1.54, 1.807) is 0 Å². The maximum Gasteiger partial charge on any atom is 0.217 e. The van der Waals surface area contributed by atoms with E-state index in [1.807, 2.05) is 0 Å². The number of ether oxygens (including phenoxy) is 3. The van der Waals surface area contributed by atoms with Crippen LogP contribution in [0.3, 0.4) is 0 Å². The maximum absolute atomic E-state index is 11.4. The maximum atomic E-state index is 11.4. The first-order chi connectivity index (χ1) is 13.6. The Labute approximate surface area is 166 Å². The van der Waals surface area contributed by atoms with Crippen LogP contribution in [0, 0.1) is 0 Å². The first-order valence-electron chi connectivity index (χ1n) is 9.04. The molecule has 0 spiro atoms. The number of aliphatic hydroxyl groups excluding tert-OH is 6. The molecule has 29 heavy (non-hydrogen) atoms. The third-order valence-corrected chi connectivity index (χ3v) is 4.77. The minimum atomic E-state index is -1.64. The van der Waals surface area contributed by atoms with E-state index in [9.17, 15) is 40.2 Å². The van der Waals surface area contributed by atoms with E-state index >= 15 is 0 Å². The molecule has 0 aromatic heterocycles. The molecular weight excluding hydrogens is 396 g/mol. The van der Waals surface area contributed by atoms with E-state index in [1.165, 1.54) is 13.8 Å². The molecule has 2 saturated heterocycles. The van der Waals surface area contributed by atoms with Crippen LogP contribution in [0.15, 0.2) is 0 Å². The summed E-state index contributed by atoms with van der Waals surface area (Å²) in [6.07, 6.45) is -11.5. The van der Waals surface area contributed by atoms with Gasteiger partial charge in [-0.1, -0.05) is 0 Å². The topological polar surface area (TPSA) is 207 Å². The molecule has 0 aliphatic carbocycles. The molecule has 2 amide bonds. The summed E-state index contributed by atoms with van der Waals surface area (Å²) < 4.78 is 16.0. The number of hydrogen-bond acceptors (Lipinski definition) is 11. The highest BCUT2D eigenvalue weighted by molar-refractivity contribution is 5.73. The van der Waals surface area contributed by atoms with Crippen LogP contribution in [0.2, 0.25) is 0 Å². The van der Waals surface area contributed by atoms with Gasteiger partial charge in [0.05, 0.1) is 13.2 Å². The minimum Gasteiger partial charge on any atom is -0.394 e. The summed E-state index contributed by atoms with van der Waals surface area (Å²) in [6, 6.07) is -2.46. The van der Waals surface area contributed by atoms with Crippen molar-refractivity contribution in [1.82, 2.24) is 10.6 Å². The Morgan fingerprint density at radius 3 is 1.90 bits per heavy atom. The van der Waals surface area contributed by atoms with E-state index in [4.69, 9.17) is 14.2 Å². The van der Waals surface area contributed by atoms with Crippen LogP contribution in [0.4, 0.5) is 0 Å². The molecule has 0 saturated carbocycles. The average Bonchev–Trinajstić information content (AvgIpc) is 2.65. The van der Waals surface area contributed by atoms with Crippen LogP contribution in [0.1, 0.15) is 13.8 Å². The third kappa shape index (κ3) is 5.59. The van der Waals surface area contributed by atoms with Crippen molar-refractivity contribution in [2.24, 2.45) is 0 Å². The van der Waals surface area contributed by atoms with Crippen LogP contribution >= 0.6 is 0 Å². The molecule has 168 valence electrons. The van der Waals surface area contributed by atoms with E-state index in [0.717, 1.165) is 0 Å². The summed E-state index contributed by atoms with van der Waals surface area (Å²) in [5.74, 6) is -1.09. The molecular formula is C16H28N2O11. The van der Waals surface area contributed by atoms with Crippen LogP contribution in [0.25, 0.3) is 0 Å². The molecule has 0 radical (unpaired) electrons. The fourth-order valence-electron chi connectivity index (χ4n) is 3.28. The summed E-state index contributed by atoms with van der Waals surface area (Å²) >= 11 is 0. The largest absolute Gasteiger partial charge is 0.394 e. The summed E-state index contributed by atoms with van der Waals surface area (Å²) in [4.78, 5) is 22.6. The molecule has 8 N–H and O–H groups in total. The van der Waals surface area contributed by atoms with Crippen molar-refractivity contribution in [3.63, 3.8) is 0 Å². The second-order valence-electron chi connectivity index (χ2n) is 7.04. The standard InChI is InChI=1S/C16H28N2O11/c1-5(20)17-9-13(24)12(23)8(28-15(9)26)4-27-16-10(18-6(2)21)14(25)11(22)7(3-19)29-16/h7-16,19,22-26H,3-4H2,1-2H3,(H,17,20)(H,18,21)/t7-,8-,9-,10-,11-,12+,13-,14-,15+,16+/m1/s1. The highest BCUT2D eigenvalue weighted by atomic mass is 16.7. The highest BCUT2D eigenvalue weighted by Crippen LogP contribution is 2.25. The van der Waals surface area contributed by atoms with Crippen molar-refractivity contribution >= 4 is 11.8 Å². The lowest BCUT2D eigenvalue weighted by Crippen LogP contribution is -2.66. The molecule has 13 heteroatoms. The molecule has 2 rings (SSSR count). The molecule has 2 fully saturated rings. The molecule has 13 nitrogen and oxygen atoms in total. The van der Waals surface area contributed by atoms with Gasteiger partial charge < -0.3 is 55.5 Å². The molecule has 2 aliphatic rings. The quantitative estimate of drug-likeness (QED) is 0.202. The zero-order valence-corrected chi connectivity index (χ0v) is 15.9. The molecule has 2 aliphatic heterocycles. The van der Waals surface area contributed by atoms with Gasteiger partial charge in [0.1, 0.15) is 48.7 Å². The van der Waals surface area contributed by atoms with E-state index < -0.39 is 86.3 Å². The van der Waals surface area contributed by atoms with Gasteiger partial charge in [0.2, 0.25) is 11.8 Å². The highest BCUT2D eigenvalue weighted by Gasteiger charge is 2.48. The van der Waals surface area contributed by atoms with Gasteiger partial charge in [0.25, 0.3) is 0 Å². The van der Waals surface area contributed by atoms with Gasteiger partial charge in [-0.15, -0.1) is 0 Å². The second-order valence-corrected chi connectivity index (χ2v) is 7.04. The van der Waals surface area contributed by atoms with Crippen molar-refractivity contribution in [1.29, 1.82) is 0 Å². The Balaban J connectivity index is 2.05. The third-order valence-electron chi connectivity index (χ3n) is 4.77. The Morgan fingerprint density at radius 2 is 1.34 bits per heavy atom. The molecule has 2 heterocycles. The fourth-order valence-corrected chi connectivity index (χ4v) is 3.28. The average molecular weight is 424 g/mol. The van der Waals surface area contributed by atoms with Crippen LogP contribution < -0.4 is 10.6 Å². The fraction of sp³-hybridized carbons (Fsp3) is 0.875. The van der Waals surface area contributed by atoms with Gasteiger partial charge in [-0.2, -0.15) is 0 Å². The van der Waals surface area contributed by atoms with Gasteiger partial charge in [0, 0.05) is 13.8 Å². The smallest absolute Gasteiger partial charge is 0.217 e. The number of carbonyl (C=O) groups excluding carboxylic acids is 2. The Hall–Kier alpha value is -1.42. The zero-order valence-electron chi connectivity index (χ0n) is 15.9. The van der Waals surface area contributed by atoms with E-state index in [0.29, 0.717) is 0 Å². The van der Waals surface area contributed by atoms with Gasteiger partial charge >= 0.3 is 0 Å². The van der Waals surface area contributed by atoms with Crippen molar-refractivity contribution in [2.45, 2.75) is 75.1 Å². The summed E-state index contributed by atoms with van der Waals surface area (Å²) in [5, 5.41) is 64.4. The van der Waals surface area contributed by atoms with E-state index in [2.05, 4.69) is 10.6 Å². The molecule has 0 unspecified atom stereocenters.